The Morgan fingerprint density at radius 1 is 1.18 bits per heavy atom. The first-order chi connectivity index (χ1) is 8.18. The molecular formula is C15H17NO. The summed E-state index contributed by atoms with van der Waals surface area (Å²) in [5.41, 5.74) is 2.93. The predicted octanol–water partition coefficient (Wildman–Crippen LogP) is 3.01. The molecule has 0 atom stereocenters. The van der Waals surface area contributed by atoms with Gasteiger partial charge in [0.1, 0.15) is 5.76 Å². The SMILES string of the molecule is CN(C)CC1=CC=C/C1=C(/O)c1ccccc1. The molecule has 17 heavy (non-hydrogen) atoms. The summed E-state index contributed by atoms with van der Waals surface area (Å²) >= 11 is 0. The Morgan fingerprint density at radius 2 is 1.88 bits per heavy atom. The molecule has 0 amide bonds. The lowest BCUT2D eigenvalue weighted by Gasteiger charge is -2.13. The van der Waals surface area contributed by atoms with Crippen molar-refractivity contribution in [2.75, 3.05) is 20.6 Å². The first-order valence-electron chi connectivity index (χ1n) is 5.69. The van der Waals surface area contributed by atoms with Gasteiger partial charge in [0.05, 0.1) is 0 Å². The highest BCUT2D eigenvalue weighted by atomic mass is 16.3. The van der Waals surface area contributed by atoms with Crippen molar-refractivity contribution in [3.8, 4) is 0 Å². The zero-order valence-electron chi connectivity index (χ0n) is 10.2. The van der Waals surface area contributed by atoms with Crippen molar-refractivity contribution in [3.63, 3.8) is 0 Å². The molecule has 0 bridgehead atoms. The molecule has 1 aliphatic rings. The molecule has 0 unspecified atom stereocenters. The van der Waals surface area contributed by atoms with E-state index >= 15 is 0 Å². The van der Waals surface area contributed by atoms with Crippen molar-refractivity contribution in [1.82, 2.24) is 4.90 Å². The second-order valence-electron chi connectivity index (χ2n) is 4.42. The van der Waals surface area contributed by atoms with E-state index in [1.165, 1.54) is 0 Å². The number of aliphatic hydroxyl groups is 1. The zero-order chi connectivity index (χ0) is 12.3. The van der Waals surface area contributed by atoms with Crippen molar-refractivity contribution >= 4 is 5.76 Å². The predicted molar refractivity (Wildman–Crippen MR) is 71.8 cm³/mol. The average molecular weight is 227 g/mol. The Balaban J connectivity index is 2.32. The number of aliphatic hydroxyl groups excluding tert-OH is 1. The molecule has 1 aromatic carbocycles. The number of nitrogens with zero attached hydrogens (tertiary/aromatic N) is 1. The van der Waals surface area contributed by atoms with Gasteiger partial charge < -0.3 is 10.0 Å². The molecular weight excluding hydrogens is 210 g/mol. The van der Waals surface area contributed by atoms with E-state index in [2.05, 4.69) is 11.0 Å². The highest BCUT2D eigenvalue weighted by molar-refractivity contribution is 5.71. The lowest BCUT2D eigenvalue weighted by atomic mass is 10.0. The molecule has 1 aliphatic carbocycles. The van der Waals surface area contributed by atoms with Crippen molar-refractivity contribution in [2.24, 2.45) is 0 Å². The van der Waals surface area contributed by atoms with Crippen LogP contribution in [-0.2, 0) is 0 Å². The van der Waals surface area contributed by atoms with Gasteiger partial charge in [-0.3, -0.25) is 0 Å². The molecule has 1 aromatic rings. The number of likely N-dealkylation sites (N-methyl/N-ethyl adjacent to an activating group) is 1. The molecule has 0 aliphatic heterocycles. The Hall–Kier alpha value is -1.80. The topological polar surface area (TPSA) is 23.5 Å². The molecule has 0 saturated carbocycles. The molecule has 2 nitrogen and oxygen atoms in total. The van der Waals surface area contributed by atoms with E-state index in [1.807, 2.05) is 56.6 Å². The van der Waals surface area contributed by atoms with E-state index in [-0.39, 0.29) is 0 Å². The van der Waals surface area contributed by atoms with Gasteiger partial charge in [-0.2, -0.15) is 0 Å². The Labute approximate surface area is 102 Å². The molecule has 0 aromatic heterocycles. The van der Waals surface area contributed by atoms with Crippen LogP contribution in [0.5, 0.6) is 0 Å². The van der Waals surface area contributed by atoms with E-state index in [0.29, 0.717) is 5.76 Å². The molecule has 0 radical (unpaired) electrons. The smallest absolute Gasteiger partial charge is 0.130 e. The standard InChI is InChI=1S/C15H17NO/c1-16(2)11-13-9-6-10-14(13)15(17)12-7-4-3-5-8-12/h3-10,17H,11H2,1-2H3/b15-14-. The number of allylic oxidation sites excluding steroid dienone is 3. The fourth-order valence-corrected chi connectivity index (χ4v) is 1.92. The minimum atomic E-state index is 0.354. The van der Waals surface area contributed by atoms with Crippen LogP contribution in [0.15, 0.2) is 59.7 Å². The zero-order valence-corrected chi connectivity index (χ0v) is 10.2. The fourth-order valence-electron chi connectivity index (χ4n) is 1.92. The van der Waals surface area contributed by atoms with Gasteiger partial charge >= 0.3 is 0 Å². The maximum Gasteiger partial charge on any atom is 0.130 e. The van der Waals surface area contributed by atoms with Crippen LogP contribution in [0.3, 0.4) is 0 Å². The fraction of sp³-hybridized carbons (Fsp3) is 0.200. The van der Waals surface area contributed by atoms with Gasteiger partial charge in [0, 0.05) is 17.7 Å². The van der Waals surface area contributed by atoms with Gasteiger partial charge in [0.25, 0.3) is 0 Å². The van der Waals surface area contributed by atoms with Crippen molar-refractivity contribution in [1.29, 1.82) is 0 Å². The first kappa shape index (κ1) is 11.7. The van der Waals surface area contributed by atoms with Crippen LogP contribution in [0.4, 0.5) is 0 Å². The Kier molecular flexibility index (Phi) is 3.45. The maximum absolute atomic E-state index is 10.3. The van der Waals surface area contributed by atoms with E-state index < -0.39 is 0 Å². The van der Waals surface area contributed by atoms with Crippen LogP contribution >= 0.6 is 0 Å². The van der Waals surface area contributed by atoms with Crippen LogP contribution in [-0.4, -0.2) is 30.6 Å². The van der Waals surface area contributed by atoms with Crippen LogP contribution in [0.25, 0.3) is 5.76 Å². The van der Waals surface area contributed by atoms with Crippen LogP contribution in [0, 0.1) is 0 Å². The van der Waals surface area contributed by atoms with Crippen LogP contribution in [0.1, 0.15) is 5.56 Å². The largest absolute Gasteiger partial charge is 0.507 e. The minimum absolute atomic E-state index is 0.354. The summed E-state index contributed by atoms with van der Waals surface area (Å²) in [6, 6.07) is 9.65. The van der Waals surface area contributed by atoms with E-state index in [4.69, 9.17) is 0 Å². The number of rotatable bonds is 3. The number of hydrogen-bond acceptors (Lipinski definition) is 2. The second kappa shape index (κ2) is 5.02. The third-order valence-corrected chi connectivity index (χ3v) is 2.70. The summed E-state index contributed by atoms with van der Waals surface area (Å²) in [6.07, 6.45) is 5.99. The molecule has 0 heterocycles. The van der Waals surface area contributed by atoms with Crippen molar-refractivity contribution < 1.29 is 5.11 Å². The third kappa shape index (κ3) is 2.66. The lowest BCUT2D eigenvalue weighted by molar-refractivity contribution is 0.446. The van der Waals surface area contributed by atoms with E-state index in [0.717, 1.165) is 23.3 Å². The summed E-state index contributed by atoms with van der Waals surface area (Å²) in [7, 11) is 4.05. The van der Waals surface area contributed by atoms with E-state index in [1.54, 1.807) is 0 Å². The molecule has 0 fully saturated rings. The Morgan fingerprint density at radius 3 is 2.53 bits per heavy atom. The highest BCUT2D eigenvalue weighted by Gasteiger charge is 2.13. The maximum atomic E-state index is 10.3. The Bertz CT molecular complexity index is 481. The minimum Gasteiger partial charge on any atom is -0.507 e. The monoisotopic (exact) mass is 227 g/mol. The van der Waals surface area contributed by atoms with Crippen molar-refractivity contribution in [3.05, 3.63) is 65.3 Å². The summed E-state index contributed by atoms with van der Waals surface area (Å²) < 4.78 is 0. The molecule has 2 rings (SSSR count). The van der Waals surface area contributed by atoms with Crippen molar-refractivity contribution in [2.45, 2.75) is 0 Å². The van der Waals surface area contributed by atoms with E-state index in [9.17, 15) is 5.11 Å². The second-order valence-corrected chi connectivity index (χ2v) is 4.42. The van der Waals surface area contributed by atoms with Gasteiger partial charge in [-0.25, -0.2) is 0 Å². The third-order valence-electron chi connectivity index (χ3n) is 2.70. The number of hydrogen-bond donors (Lipinski definition) is 1. The lowest BCUT2D eigenvalue weighted by Crippen LogP contribution is -2.15. The quantitative estimate of drug-likeness (QED) is 0.802. The number of benzene rings is 1. The van der Waals surface area contributed by atoms with Gasteiger partial charge in [0.15, 0.2) is 0 Å². The molecule has 0 spiro atoms. The highest BCUT2D eigenvalue weighted by Crippen LogP contribution is 2.26. The average Bonchev–Trinajstić information content (AvgIpc) is 2.76. The summed E-state index contributed by atoms with van der Waals surface area (Å²) in [5.74, 6) is 0.354. The molecule has 2 heteroatoms. The van der Waals surface area contributed by atoms with Gasteiger partial charge in [-0.05, 0) is 19.7 Å². The molecule has 88 valence electrons. The van der Waals surface area contributed by atoms with Gasteiger partial charge in [-0.15, -0.1) is 0 Å². The van der Waals surface area contributed by atoms with Crippen LogP contribution in [0.2, 0.25) is 0 Å². The summed E-state index contributed by atoms with van der Waals surface area (Å²) in [5, 5.41) is 10.3. The molecule has 1 N–H and O–H groups in total. The first-order valence-corrected chi connectivity index (χ1v) is 5.69. The van der Waals surface area contributed by atoms with Gasteiger partial charge in [-0.1, -0.05) is 48.6 Å². The normalized spacial score (nSPS) is 17.5. The molecule has 0 saturated heterocycles. The summed E-state index contributed by atoms with van der Waals surface area (Å²) in [4.78, 5) is 2.09. The van der Waals surface area contributed by atoms with Crippen LogP contribution < -0.4 is 0 Å². The van der Waals surface area contributed by atoms with Gasteiger partial charge in [0.2, 0.25) is 0 Å². The summed E-state index contributed by atoms with van der Waals surface area (Å²) in [6.45, 7) is 0.833.